The number of hydrogen-bond donors (Lipinski definition) is 0. The number of ether oxygens (including phenoxy) is 3. The van der Waals surface area contributed by atoms with Crippen molar-refractivity contribution in [2.45, 2.75) is 309 Å². The molecule has 0 rings (SSSR count). The Kier molecular flexibility index (Phi) is 59.8. The molecule has 6 heteroatoms. The van der Waals surface area contributed by atoms with E-state index in [1.165, 1.54) is 167 Å². The Morgan fingerprint density at radius 3 is 0.893 bits per heavy atom. The molecular formula is C69H118O6. The Hall–Kier alpha value is -3.67. The summed E-state index contributed by atoms with van der Waals surface area (Å²) in [5.41, 5.74) is 0. The molecule has 0 aromatic rings. The first-order valence-corrected chi connectivity index (χ1v) is 31.7. The minimum absolute atomic E-state index is 0.108. The van der Waals surface area contributed by atoms with Gasteiger partial charge in [0, 0.05) is 19.3 Å². The van der Waals surface area contributed by atoms with Crippen molar-refractivity contribution in [3.63, 3.8) is 0 Å². The second kappa shape index (κ2) is 62.9. The quantitative estimate of drug-likeness (QED) is 0.0261. The molecule has 430 valence electrons. The lowest BCUT2D eigenvalue weighted by Crippen LogP contribution is -2.30. The average molecular weight is 1040 g/mol. The molecule has 0 saturated carbocycles. The third-order valence-electron chi connectivity index (χ3n) is 13.6. The summed E-state index contributed by atoms with van der Waals surface area (Å²) in [7, 11) is 0. The van der Waals surface area contributed by atoms with E-state index in [1.807, 2.05) is 6.08 Å². The van der Waals surface area contributed by atoms with Crippen LogP contribution in [0.3, 0.4) is 0 Å². The van der Waals surface area contributed by atoms with Gasteiger partial charge in [-0.3, -0.25) is 14.4 Å². The number of allylic oxidation sites excluding steroid dienone is 16. The standard InChI is InChI=1S/C69H118O6/c1-4-7-10-13-16-19-22-25-28-31-33-34-36-38-41-44-47-50-53-56-59-62-68(71)74-65-66(64-73-67(70)61-58-55-52-49-46-43-40-37-30-27-24-21-18-15-12-9-6-3)75-69(72)63-60-57-54-51-48-45-42-39-35-32-29-26-23-20-17-14-11-8-5-2/h8,11,17-18,20-21,26-27,29-30,35,39,45,48,54,57,66H,4-7,9-10,12-16,19,22-25,28,31-34,36-38,40-44,46-47,49-53,55-56,58-65H2,1-3H3/b11-8-,20-17-,21-18-,29-26-,30-27-,39-35-,48-45-,57-54-. The topological polar surface area (TPSA) is 78.9 Å². The molecule has 0 fully saturated rings. The second-order valence-corrected chi connectivity index (χ2v) is 20.9. The molecule has 0 aliphatic rings. The van der Waals surface area contributed by atoms with E-state index in [0.717, 1.165) is 89.9 Å². The molecular weight excluding hydrogens is 925 g/mol. The number of unbranched alkanes of at least 4 members (excludes halogenated alkanes) is 30. The molecule has 0 radical (unpaired) electrons. The molecule has 0 N–H and O–H groups in total. The van der Waals surface area contributed by atoms with Gasteiger partial charge in [0.2, 0.25) is 0 Å². The molecule has 0 amide bonds. The number of hydrogen-bond acceptors (Lipinski definition) is 6. The highest BCUT2D eigenvalue weighted by atomic mass is 16.6. The number of carbonyl (C=O) groups is 3. The molecule has 1 unspecified atom stereocenters. The van der Waals surface area contributed by atoms with E-state index in [-0.39, 0.29) is 31.6 Å². The van der Waals surface area contributed by atoms with Crippen LogP contribution >= 0.6 is 0 Å². The predicted octanol–water partition coefficient (Wildman–Crippen LogP) is 21.7. The van der Waals surface area contributed by atoms with Crippen LogP contribution in [0.5, 0.6) is 0 Å². The number of rotatable bonds is 57. The Labute approximate surface area is 464 Å². The van der Waals surface area contributed by atoms with Crippen LogP contribution in [0.4, 0.5) is 0 Å². The van der Waals surface area contributed by atoms with E-state index >= 15 is 0 Å². The van der Waals surface area contributed by atoms with E-state index in [9.17, 15) is 14.4 Å². The van der Waals surface area contributed by atoms with Crippen LogP contribution in [0, 0.1) is 0 Å². The van der Waals surface area contributed by atoms with Crippen molar-refractivity contribution >= 4 is 17.9 Å². The van der Waals surface area contributed by atoms with Gasteiger partial charge in [-0.1, -0.05) is 291 Å². The summed E-state index contributed by atoms with van der Waals surface area (Å²) < 4.78 is 16.9. The van der Waals surface area contributed by atoms with Crippen LogP contribution in [0.15, 0.2) is 97.2 Å². The fourth-order valence-electron chi connectivity index (χ4n) is 8.85. The largest absolute Gasteiger partial charge is 0.462 e. The average Bonchev–Trinajstić information content (AvgIpc) is 3.41. The molecule has 0 saturated heterocycles. The lowest BCUT2D eigenvalue weighted by atomic mass is 10.0. The van der Waals surface area contributed by atoms with E-state index in [4.69, 9.17) is 14.2 Å². The van der Waals surface area contributed by atoms with Crippen molar-refractivity contribution in [2.75, 3.05) is 13.2 Å². The molecule has 0 aromatic heterocycles. The summed E-state index contributed by atoms with van der Waals surface area (Å²) in [5.74, 6) is -0.990. The van der Waals surface area contributed by atoms with E-state index in [1.54, 1.807) is 0 Å². The van der Waals surface area contributed by atoms with E-state index in [2.05, 4.69) is 112 Å². The Balaban J connectivity index is 4.46. The normalized spacial score (nSPS) is 12.7. The van der Waals surface area contributed by atoms with E-state index in [0.29, 0.717) is 19.3 Å². The molecule has 0 aromatic carbocycles. The lowest BCUT2D eigenvalue weighted by Gasteiger charge is -2.18. The molecule has 0 bridgehead atoms. The Bertz CT molecular complexity index is 1480. The summed E-state index contributed by atoms with van der Waals surface area (Å²) in [6.07, 6.45) is 84.2. The van der Waals surface area contributed by atoms with Crippen LogP contribution in [-0.2, 0) is 28.6 Å². The zero-order valence-electron chi connectivity index (χ0n) is 49.3. The summed E-state index contributed by atoms with van der Waals surface area (Å²) >= 11 is 0. The fraction of sp³-hybridized carbons (Fsp3) is 0.725. The van der Waals surface area contributed by atoms with Crippen molar-refractivity contribution in [2.24, 2.45) is 0 Å². The molecule has 0 spiro atoms. The van der Waals surface area contributed by atoms with Crippen molar-refractivity contribution in [1.82, 2.24) is 0 Å². The zero-order valence-corrected chi connectivity index (χ0v) is 49.3. The monoisotopic (exact) mass is 1040 g/mol. The summed E-state index contributed by atoms with van der Waals surface area (Å²) in [6, 6.07) is 0. The minimum Gasteiger partial charge on any atom is -0.462 e. The van der Waals surface area contributed by atoms with Gasteiger partial charge in [-0.15, -0.1) is 0 Å². The van der Waals surface area contributed by atoms with Gasteiger partial charge in [0.15, 0.2) is 6.10 Å². The second-order valence-electron chi connectivity index (χ2n) is 20.9. The predicted molar refractivity (Wildman–Crippen MR) is 325 cm³/mol. The van der Waals surface area contributed by atoms with Crippen LogP contribution in [0.2, 0.25) is 0 Å². The van der Waals surface area contributed by atoms with Gasteiger partial charge in [0.1, 0.15) is 13.2 Å². The Morgan fingerprint density at radius 2 is 0.547 bits per heavy atom. The molecule has 1 atom stereocenters. The summed E-state index contributed by atoms with van der Waals surface area (Å²) in [4.78, 5) is 38.3. The fourth-order valence-corrected chi connectivity index (χ4v) is 8.85. The van der Waals surface area contributed by atoms with Crippen molar-refractivity contribution < 1.29 is 28.6 Å². The van der Waals surface area contributed by atoms with Crippen LogP contribution in [0.25, 0.3) is 0 Å². The van der Waals surface area contributed by atoms with Crippen molar-refractivity contribution in [1.29, 1.82) is 0 Å². The highest BCUT2D eigenvalue weighted by Gasteiger charge is 2.19. The molecule has 0 heterocycles. The van der Waals surface area contributed by atoms with Gasteiger partial charge in [0.05, 0.1) is 0 Å². The van der Waals surface area contributed by atoms with Crippen LogP contribution in [-0.4, -0.2) is 37.2 Å². The summed E-state index contributed by atoms with van der Waals surface area (Å²) in [5, 5.41) is 0. The first-order valence-electron chi connectivity index (χ1n) is 31.7. The molecule has 0 aliphatic carbocycles. The van der Waals surface area contributed by atoms with Crippen molar-refractivity contribution in [3.05, 3.63) is 97.2 Å². The SMILES string of the molecule is CC/C=C\C/C=C\C/C=C\C/C=C\C/C=C\C/C=C\CCC(=O)OC(COC(=O)CCCCCCCCC/C=C\C/C=C\CCCCC)COC(=O)CCCCCCCCCCCCCCCCCCCCCCC. The number of carbonyl (C=O) groups excluding carboxylic acids is 3. The molecule has 75 heavy (non-hydrogen) atoms. The van der Waals surface area contributed by atoms with Crippen molar-refractivity contribution in [3.8, 4) is 0 Å². The van der Waals surface area contributed by atoms with Gasteiger partial charge in [-0.05, 0) is 89.9 Å². The van der Waals surface area contributed by atoms with Gasteiger partial charge in [-0.2, -0.15) is 0 Å². The van der Waals surface area contributed by atoms with Gasteiger partial charge >= 0.3 is 17.9 Å². The maximum atomic E-state index is 12.9. The first-order chi connectivity index (χ1) is 37.0. The van der Waals surface area contributed by atoms with Crippen LogP contribution < -0.4 is 0 Å². The third-order valence-corrected chi connectivity index (χ3v) is 13.6. The highest BCUT2D eigenvalue weighted by molar-refractivity contribution is 5.71. The molecule has 0 aliphatic heterocycles. The van der Waals surface area contributed by atoms with Gasteiger partial charge in [-0.25, -0.2) is 0 Å². The maximum absolute atomic E-state index is 12.9. The molecule has 6 nitrogen and oxygen atoms in total. The lowest BCUT2D eigenvalue weighted by molar-refractivity contribution is -0.166. The third kappa shape index (κ3) is 61.1. The maximum Gasteiger partial charge on any atom is 0.306 e. The minimum atomic E-state index is -0.822. The Morgan fingerprint density at radius 1 is 0.280 bits per heavy atom. The first kappa shape index (κ1) is 71.3. The van der Waals surface area contributed by atoms with Crippen LogP contribution in [0.1, 0.15) is 303 Å². The van der Waals surface area contributed by atoms with Gasteiger partial charge < -0.3 is 14.2 Å². The zero-order chi connectivity index (χ0) is 54.3. The summed E-state index contributed by atoms with van der Waals surface area (Å²) in [6.45, 7) is 6.47. The van der Waals surface area contributed by atoms with Gasteiger partial charge in [0.25, 0.3) is 0 Å². The highest BCUT2D eigenvalue weighted by Crippen LogP contribution is 2.17. The number of esters is 3. The smallest absolute Gasteiger partial charge is 0.306 e. The van der Waals surface area contributed by atoms with E-state index < -0.39 is 12.1 Å².